The molecule has 0 aromatic rings. The van der Waals surface area contributed by atoms with Gasteiger partial charge in [-0.2, -0.15) is 5.26 Å². The van der Waals surface area contributed by atoms with E-state index in [4.69, 9.17) is 17.1 Å². The molecule has 4 heteroatoms. The highest BCUT2D eigenvalue weighted by Crippen LogP contribution is 1.22. The summed E-state index contributed by atoms with van der Waals surface area (Å²) in [5.41, 5.74) is 0. The van der Waals surface area contributed by atoms with E-state index in [0.29, 0.717) is 10.5 Å². The van der Waals surface area contributed by atoms with Crippen molar-refractivity contribution in [3.63, 3.8) is 0 Å². The van der Waals surface area contributed by atoms with Crippen LogP contribution in [0.5, 0.6) is 0 Å². The van der Waals surface area contributed by atoms with E-state index in [1.165, 1.54) is 0 Å². The first-order chi connectivity index (χ1) is 2.41. The number of hydrogen-bond acceptors (Lipinski definition) is 3. The third-order valence-electron chi connectivity index (χ3n) is 0. The van der Waals surface area contributed by atoms with E-state index in [1.54, 1.807) is 0 Å². The van der Waals surface area contributed by atoms with Crippen LogP contribution in [0.25, 0.3) is 0 Å². The maximum absolute atomic E-state index is 7.13. The molecule has 1 radical (unpaired) electrons. The minimum absolute atomic E-state index is 0.424. The molecule has 0 aromatic carbocycles. The monoisotopic (exact) mass is 90.0 g/mol. The summed E-state index contributed by atoms with van der Waals surface area (Å²) in [6.07, 6.45) is 0. The van der Waals surface area contributed by atoms with Crippen molar-refractivity contribution in [1.29, 1.82) is 5.26 Å². The van der Waals surface area contributed by atoms with Gasteiger partial charge >= 0.3 is 0 Å². The van der Waals surface area contributed by atoms with Gasteiger partial charge in [-0.05, 0) is 0 Å². The van der Waals surface area contributed by atoms with Crippen molar-refractivity contribution in [1.82, 2.24) is 0 Å². The molecule has 0 aliphatic carbocycles. The van der Waals surface area contributed by atoms with Crippen LogP contribution < -0.4 is 0 Å². The zero-order valence-corrected chi connectivity index (χ0v) is 4.80. The lowest BCUT2D eigenvalue weighted by Crippen LogP contribution is -1.62. The molecule has 0 atom stereocenters. The van der Waals surface area contributed by atoms with E-state index < -0.39 is 0 Å². The SMILES string of the molecule is OO[SiH3].[C]#N. The summed E-state index contributed by atoms with van der Waals surface area (Å²) in [6.45, 7) is 4.75. The van der Waals surface area contributed by atoms with Crippen molar-refractivity contribution in [2.75, 3.05) is 0 Å². The average molecular weight is 90.1 g/mol. The molecule has 0 spiro atoms. The van der Waals surface area contributed by atoms with Gasteiger partial charge in [-0.1, -0.05) is 0 Å². The molecule has 0 aromatic heterocycles. The van der Waals surface area contributed by atoms with Crippen molar-refractivity contribution in [2.24, 2.45) is 0 Å². The first-order valence-electron chi connectivity index (χ1n) is 0.814. The molecule has 0 unspecified atom stereocenters. The van der Waals surface area contributed by atoms with E-state index in [-0.39, 0.29) is 0 Å². The molecule has 1 N–H and O–H groups in total. The largest absolute Gasteiger partial charge is 0.301 e. The van der Waals surface area contributed by atoms with Crippen molar-refractivity contribution < 1.29 is 9.83 Å². The summed E-state index contributed by atoms with van der Waals surface area (Å²) >= 11 is 0. The Kier molecular flexibility index (Phi) is 112. The van der Waals surface area contributed by atoms with Crippen molar-refractivity contribution in [3.8, 4) is 0 Å². The Labute approximate surface area is 33.3 Å². The van der Waals surface area contributed by atoms with Gasteiger partial charge in [0.05, 0.1) is 0 Å². The maximum atomic E-state index is 7.13. The highest BCUT2D eigenvalue weighted by Gasteiger charge is 1.27. The molecule has 0 heterocycles. The first kappa shape index (κ1) is 8.82. The van der Waals surface area contributed by atoms with Crippen molar-refractivity contribution >= 4 is 10.5 Å². The van der Waals surface area contributed by atoms with Crippen molar-refractivity contribution in [3.05, 3.63) is 6.57 Å². The smallest absolute Gasteiger partial charge is 0.193 e. The van der Waals surface area contributed by atoms with Gasteiger partial charge in [0.15, 0.2) is 17.1 Å². The molecule has 3 nitrogen and oxygen atoms in total. The second kappa shape index (κ2) is 63.7. The fourth-order valence-electron chi connectivity index (χ4n) is 0. The Hall–Kier alpha value is -0.373. The van der Waals surface area contributed by atoms with Gasteiger partial charge in [0, 0.05) is 0 Å². The van der Waals surface area contributed by atoms with Gasteiger partial charge in [0.25, 0.3) is 0 Å². The minimum Gasteiger partial charge on any atom is -0.301 e. The summed E-state index contributed by atoms with van der Waals surface area (Å²) in [6, 6.07) is 0. The quantitative estimate of drug-likeness (QED) is 0.232. The Bertz CT molecular complexity index is 20.9. The predicted octanol–water partition coefficient (Wildman–Crippen LogP) is -1.15. The molecule has 0 rings (SSSR count). The lowest BCUT2D eigenvalue weighted by molar-refractivity contribution is -0.131. The van der Waals surface area contributed by atoms with Gasteiger partial charge in [0.2, 0.25) is 0 Å². The molecule has 0 fully saturated rings. The van der Waals surface area contributed by atoms with E-state index in [1.807, 2.05) is 0 Å². The van der Waals surface area contributed by atoms with Gasteiger partial charge in [-0.3, -0.25) is 5.26 Å². The van der Waals surface area contributed by atoms with Crippen molar-refractivity contribution in [2.45, 2.75) is 0 Å². The molecular weight excluding hydrogens is 86.1 g/mol. The normalized spacial score (nSPS) is 4.60. The zero-order valence-electron chi connectivity index (χ0n) is 2.80. The van der Waals surface area contributed by atoms with Crippen LogP contribution in [-0.4, -0.2) is 15.7 Å². The molecule has 0 saturated heterocycles. The van der Waals surface area contributed by atoms with E-state index in [2.05, 4.69) is 4.58 Å². The number of rotatable bonds is 0. The lowest BCUT2D eigenvalue weighted by atomic mass is 11.9. The summed E-state index contributed by atoms with van der Waals surface area (Å²) in [5.74, 6) is 0. The fourth-order valence-corrected chi connectivity index (χ4v) is 0. The Balaban J connectivity index is 0. The summed E-state index contributed by atoms with van der Waals surface area (Å²) in [4.78, 5) is 0. The van der Waals surface area contributed by atoms with Crippen LogP contribution in [0.15, 0.2) is 0 Å². The molecule has 0 saturated carbocycles. The highest BCUT2D eigenvalue weighted by molar-refractivity contribution is 5.97. The van der Waals surface area contributed by atoms with Crippen LogP contribution in [0.4, 0.5) is 0 Å². The Morgan fingerprint density at radius 1 is 1.80 bits per heavy atom. The summed E-state index contributed by atoms with van der Waals surface area (Å²) in [7, 11) is 0.424. The first-order valence-corrected chi connectivity index (χ1v) is 1.63. The summed E-state index contributed by atoms with van der Waals surface area (Å²) in [5, 5.41) is 13.4. The highest BCUT2D eigenvalue weighted by atomic mass is 28.2. The van der Waals surface area contributed by atoms with Crippen LogP contribution in [0.1, 0.15) is 0 Å². The lowest BCUT2D eigenvalue weighted by Gasteiger charge is -1.60. The molecule has 5 heavy (non-hydrogen) atoms. The number of nitrogens with zero attached hydrogens (tertiary/aromatic N) is 1. The Morgan fingerprint density at radius 2 is 1.80 bits per heavy atom. The molecule has 0 bridgehead atoms. The Morgan fingerprint density at radius 3 is 1.80 bits per heavy atom. The van der Waals surface area contributed by atoms with Crippen LogP contribution >= 0.6 is 0 Å². The molecule has 0 aliphatic rings. The van der Waals surface area contributed by atoms with Crippen LogP contribution in [0.2, 0.25) is 0 Å². The molecule has 29 valence electrons. The average Bonchev–Trinajstić information content (AvgIpc) is 1.46. The van der Waals surface area contributed by atoms with E-state index in [9.17, 15) is 0 Å². The molecule has 0 aliphatic heterocycles. The second-order valence-electron chi connectivity index (χ2n) is 0.183. The zero-order chi connectivity index (χ0) is 4.71. The minimum atomic E-state index is 0.424. The van der Waals surface area contributed by atoms with E-state index >= 15 is 0 Å². The van der Waals surface area contributed by atoms with Gasteiger partial charge in [0.1, 0.15) is 0 Å². The van der Waals surface area contributed by atoms with Gasteiger partial charge in [-0.15, -0.1) is 0 Å². The van der Waals surface area contributed by atoms with Gasteiger partial charge < -0.3 is 4.58 Å². The summed E-state index contributed by atoms with van der Waals surface area (Å²) < 4.78 is 3.39. The predicted molar refractivity (Wildman–Crippen MR) is 18.6 cm³/mol. The molecular formula is CH4NO2Si. The molecule has 0 amide bonds. The topological polar surface area (TPSA) is 53.2 Å². The van der Waals surface area contributed by atoms with Crippen LogP contribution in [0, 0.1) is 11.8 Å². The van der Waals surface area contributed by atoms with E-state index in [0.717, 1.165) is 0 Å². The van der Waals surface area contributed by atoms with Gasteiger partial charge in [-0.25, -0.2) is 0 Å². The third kappa shape index (κ3) is 69.0. The second-order valence-corrected chi connectivity index (χ2v) is 0.548. The van der Waals surface area contributed by atoms with Crippen LogP contribution in [-0.2, 0) is 4.58 Å². The number of hydrogen-bond donors (Lipinski definition) is 1. The standard InChI is InChI=1S/CN.H4O2Si/c1-2;1-2-3/h;1H,3H3. The fraction of sp³-hybridized carbons (Fsp3) is 0. The van der Waals surface area contributed by atoms with Crippen LogP contribution in [0.3, 0.4) is 0 Å². The maximum Gasteiger partial charge on any atom is 0.193 e. The third-order valence-corrected chi connectivity index (χ3v) is 0.